The predicted octanol–water partition coefficient (Wildman–Crippen LogP) is 1.46. The maximum absolute atomic E-state index is 11.7. The molecule has 21 heavy (non-hydrogen) atoms. The largest absolute Gasteiger partial charge is 0.504 e. The van der Waals surface area contributed by atoms with E-state index in [9.17, 15) is 9.90 Å². The van der Waals surface area contributed by atoms with E-state index in [1.54, 1.807) is 27.9 Å². The highest BCUT2D eigenvalue weighted by molar-refractivity contribution is 5.76. The molecule has 6 heteroatoms. The average molecular weight is 297 g/mol. The molecule has 0 aliphatic rings. The lowest BCUT2D eigenvalue weighted by Crippen LogP contribution is -2.34. The van der Waals surface area contributed by atoms with Gasteiger partial charge in [0.2, 0.25) is 0 Å². The number of ether oxygens (including phenoxy) is 3. The van der Waals surface area contributed by atoms with Crippen molar-refractivity contribution in [1.29, 1.82) is 0 Å². The zero-order chi connectivity index (χ0) is 16.2. The molecule has 1 rings (SSSR count). The van der Waals surface area contributed by atoms with Gasteiger partial charge in [-0.25, -0.2) is 0 Å². The number of esters is 1. The highest BCUT2D eigenvalue weighted by atomic mass is 16.5. The summed E-state index contributed by atoms with van der Waals surface area (Å²) < 4.78 is 15.5. The normalized spacial score (nSPS) is 11.9. The third-order valence-corrected chi connectivity index (χ3v) is 3.40. The fourth-order valence-corrected chi connectivity index (χ4v) is 2.37. The van der Waals surface area contributed by atoms with Gasteiger partial charge in [0.1, 0.15) is 11.8 Å². The van der Waals surface area contributed by atoms with Crippen LogP contribution >= 0.6 is 0 Å². The van der Waals surface area contributed by atoms with Gasteiger partial charge in [-0.1, -0.05) is 0 Å². The highest BCUT2D eigenvalue weighted by Crippen LogP contribution is 2.43. The van der Waals surface area contributed by atoms with Crippen molar-refractivity contribution >= 4 is 5.97 Å². The van der Waals surface area contributed by atoms with Crippen molar-refractivity contribution in [2.24, 2.45) is 5.73 Å². The van der Waals surface area contributed by atoms with Crippen molar-refractivity contribution in [3.63, 3.8) is 0 Å². The van der Waals surface area contributed by atoms with Crippen LogP contribution in [0.2, 0.25) is 0 Å². The molecule has 0 saturated heterocycles. The van der Waals surface area contributed by atoms with Crippen molar-refractivity contribution in [3.8, 4) is 17.2 Å². The summed E-state index contributed by atoms with van der Waals surface area (Å²) in [5.41, 5.74) is 7.78. The van der Waals surface area contributed by atoms with Crippen molar-refractivity contribution in [2.45, 2.75) is 33.2 Å². The van der Waals surface area contributed by atoms with E-state index >= 15 is 0 Å². The van der Waals surface area contributed by atoms with Crippen LogP contribution in [0.1, 0.15) is 23.6 Å². The first-order valence-corrected chi connectivity index (χ1v) is 6.74. The van der Waals surface area contributed by atoms with Crippen molar-refractivity contribution < 1.29 is 24.1 Å². The topological polar surface area (TPSA) is 91.0 Å². The lowest BCUT2D eigenvalue weighted by molar-refractivity contribution is -0.144. The number of benzene rings is 1. The standard InChI is InChI=1S/C15H23NO5/c1-6-21-15(18)11(16)7-10-8(2)13(19-4)9(3)14(20-5)12(10)17/h11,17H,6-7,16H2,1-5H3. The molecule has 1 aromatic carbocycles. The van der Waals surface area contributed by atoms with Gasteiger partial charge in [0.15, 0.2) is 11.5 Å². The van der Waals surface area contributed by atoms with Gasteiger partial charge >= 0.3 is 5.97 Å². The molecule has 0 aromatic heterocycles. The Balaban J connectivity index is 3.26. The molecule has 1 unspecified atom stereocenters. The summed E-state index contributed by atoms with van der Waals surface area (Å²) >= 11 is 0. The number of carbonyl (C=O) groups excluding carboxylic acids is 1. The quantitative estimate of drug-likeness (QED) is 0.772. The summed E-state index contributed by atoms with van der Waals surface area (Å²) in [4.78, 5) is 11.7. The summed E-state index contributed by atoms with van der Waals surface area (Å²) in [6.07, 6.45) is 0.142. The number of rotatable bonds is 6. The van der Waals surface area contributed by atoms with E-state index in [1.807, 2.05) is 0 Å². The lowest BCUT2D eigenvalue weighted by atomic mass is 9.96. The summed E-state index contributed by atoms with van der Waals surface area (Å²) in [6, 6.07) is -0.855. The summed E-state index contributed by atoms with van der Waals surface area (Å²) in [5, 5.41) is 10.3. The van der Waals surface area contributed by atoms with E-state index in [0.29, 0.717) is 22.6 Å². The smallest absolute Gasteiger partial charge is 0.323 e. The number of phenols is 1. The molecule has 6 nitrogen and oxygen atoms in total. The second-order valence-corrected chi connectivity index (χ2v) is 4.71. The molecule has 0 heterocycles. The molecule has 0 spiro atoms. The number of hydrogen-bond acceptors (Lipinski definition) is 6. The minimum Gasteiger partial charge on any atom is -0.504 e. The van der Waals surface area contributed by atoms with Gasteiger partial charge in [0.05, 0.1) is 20.8 Å². The average Bonchev–Trinajstić information content (AvgIpc) is 2.44. The zero-order valence-corrected chi connectivity index (χ0v) is 13.1. The van der Waals surface area contributed by atoms with Gasteiger partial charge < -0.3 is 25.1 Å². The van der Waals surface area contributed by atoms with Crippen molar-refractivity contribution in [3.05, 3.63) is 16.7 Å². The van der Waals surface area contributed by atoms with E-state index in [4.69, 9.17) is 19.9 Å². The molecule has 0 bridgehead atoms. The molecule has 0 amide bonds. The van der Waals surface area contributed by atoms with Gasteiger partial charge in [0, 0.05) is 17.5 Å². The minimum absolute atomic E-state index is 0.0203. The Morgan fingerprint density at radius 1 is 1.19 bits per heavy atom. The maximum Gasteiger partial charge on any atom is 0.323 e. The lowest BCUT2D eigenvalue weighted by Gasteiger charge is -2.20. The van der Waals surface area contributed by atoms with E-state index in [0.717, 1.165) is 5.56 Å². The molecule has 0 fully saturated rings. The van der Waals surface area contributed by atoms with Crippen LogP contribution in [0.25, 0.3) is 0 Å². The van der Waals surface area contributed by atoms with Crippen LogP contribution in [0.3, 0.4) is 0 Å². The Bertz CT molecular complexity index is 496. The van der Waals surface area contributed by atoms with Crippen LogP contribution in [-0.4, -0.2) is 37.9 Å². The van der Waals surface area contributed by atoms with E-state index in [2.05, 4.69) is 0 Å². The molecule has 1 atom stereocenters. The first kappa shape index (κ1) is 17.1. The second kappa shape index (κ2) is 7.17. The Morgan fingerprint density at radius 3 is 2.24 bits per heavy atom. The van der Waals surface area contributed by atoms with Crippen LogP contribution in [0, 0.1) is 13.8 Å². The third-order valence-electron chi connectivity index (χ3n) is 3.40. The molecule has 0 radical (unpaired) electrons. The fraction of sp³-hybridized carbons (Fsp3) is 0.533. The van der Waals surface area contributed by atoms with Gasteiger partial charge in [-0.3, -0.25) is 4.79 Å². The van der Waals surface area contributed by atoms with Gasteiger partial charge in [-0.2, -0.15) is 0 Å². The summed E-state index contributed by atoms with van der Waals surface area (Å²) in [7, 11) is 3.01. The number of phenolic OH excluding ortho intramolecular Hbond substituents is 1. The molecular formula is C15H23NO5. The van der Waals surface area contributed by atoms with Crippen molar-refractivity contribution in [2.75, 3.05) is 20.8 Å². The highest BCUT2D eigenvalue weighted by Gasteiger charge is 2.24. The zero-order valence-electron chi connectivity index (χ0n) is 13.1. The maximum atomic E-state index is 11.7. The molecule has 3 N–H and O–H groups in total. The summed E-state index contributed by atoms with van der Waals surface area (Å²) in [5.74, 6) is 0.405. The molecular weight excluding hydrogens is 274 g/mol. The Labute approximate surface area is 124 Å². The number of methoxy groups -OCH3 is 2. The molecule has 0 aliphatic carbocycles. The minimum atomic E-state index is -0.855. The number of carbonyl (C=O) groups is 1. The Morgan fingerprint density at radius 2 is 1.76 bits per heavy atom. The monoisotopic (exact) mass is 297 g/mol. The Kier molecular flexibility index (Phi) is 5.84. The third kappa shape index (κ3) is 3.39. The molecule has 0 aliphatic heterocycles. The van der Waals surface area contributed by atoms with Gasteiger partial charge in [-0.15, -0.1) is 0 Å². The SMILES string of the molecule is CCOC(=O)C(N)Cc1c(C)c(OC)c(C)c(OC)c1O. The van der Waals surface area contributed by atoms with E-state index < -0.39 is 12.0 Å². The first-order valence-electron chi connectivity index (χ1n) is 6.74. The van der Waals surface area contributed by atoms with Gasteiger partial charge in [-0.05, 0) is 26.3 Å². The van der Waals surface area contributed by atoms with E-state index in [-0.39, 0.29) is 18.8 Å². The van der Waals surface area contributed by atoms with Crippen LogP contribution in [0.4, 0.5) is 0 Å². The summed E-state index contributed by atoms with van der Waals surface area (Å²) in [6.45, 7) is 5.57. The van der Waals surface area contributed by atoms with Crippen LogP contribution in [0.5, 0.6) is 17.2 Å². The number of aromatic hydroxyl groups is 1. The molecule has 1 aromatic rings. The fourth-order valence-electron chi connectivity index (χ4n) is 2.37. The number of hydrogen-bond donors (Lipinski definition) is 2. The molecule has 118 valence electrons. The Hall–Kier alpha value is -1.95. The predicted molar refractivity (Wildman–Crippen MR) is 79.0 cm³/mol. The van der Waals surface area contributed by atoms with E-state index in [1.165, 1.54) is 7.11 Å². The number of nitrogens with two attached hydrogens (primary N) is 1. The van der Waals surface area contributed by atoms with Crippen LogP contribution in [-0.2, 0) is 16.0 Å². The van der Waals surface area contributed by atoms with Crippen LogP contribution in [0.15, 0.2) is 0 Å². The van der Waals surface area contributed by atoms with Crippen molar-refractivity contribution in [1.82, 2.24) is 0 Å². The van der Waals surface area contributed by atoms with Crippen LogP contribution < -0.4 is 15.2 Å². The first-order chi connectivity index (χ1) is 9.88. The second-order valence-electron chi connectivity index (χ2n) is 4.71. The van der Waals surface area contributed by atoms with Gasteiger partial charge in [0.25, 0.3) is 0 Å². The molecule has 0 saturated carbocycles.